The summed E-state index contributed by atoms with van der Waals surface area (Å²) in [6.07, 6.45) is 4.87. The summed E-state index contributed by atoms with van der Waals surface area (Å²) < 4.78 is 5.26. The highest BCUT2D eigenvalue weighted by molar-refractivity contribution is 5.90. The van der Waals surface area contributed by atoms with Crippen molar-refractivity contribution in [2.24, 2.45) is 0 Å². The minimum atomic E-state index is -0.0492. The largest absolute Gasteiger partial charge is 0.497 e. The lowest BCUT2D eigenvalue weighted by Gasteiger charge is -2.34. The van der Waals surface area contributed by atoms with Crippen LogP contribution >= 0.6 is 0 Å². The van der Waals surface area contributed by atoms with Gasteiger partial charge in [0.1, 0.15) is 5.75 Å². The number of benzene rings is 2. The number of methoxy groups -OCH3 is 1. The van der Waals surface area contributed by atoms with E-state index >= 15 is 0 Å². The summed E-state index contributed by atoms with van der Waals surface area (Å²) in [4.78, 5) is 17.6. The lowest BCUT2D eigenvalue weighted by Crippen LogP contribution is -2.40. The molecule has 162 valence electrons. The highest BCUT2D eigenvalue weighted by atomic mass is 16.5. The SMILES string of the molecule is COc1ccc(CN(CCCN2CCCCC2C)C(=O)Nc2ccccc2C)cc1. The van der Waals surface area contributed by atoms with Gasteiger partial charge in [-0.15, -0.1) is 0 Å². The monoisotopic (exact) mass is 409 g/mol. The molecule has 0 spiro atoms. The molecule has 1 aliphatic rings. The molecule has 1 unspecified atom stereocenters. The Balaban J connectivity index is 1.65. The van der Waals surface area contributed by atoms with Crippen molar-refractivity contribution >= 4 is 11.7 Å². The number of likely N-dealkylation sites (tertiary alicyclic amines) is 1. The van der Waals surface area contributed by atoms with Crippen LogP contribution in [0.25, 0.3) is 0 Å². The van der Waals surface area contributed by atoms with E-state index in [9.17, 15) is 4.79 Å². The smallest absolute Gasteiger partial charge is 0.322 e. The number of ether oxygens (including phenoxy) is 1. The van der Waals surface area contributed by atoms with Gasteiger partial charge in [-0.1, -0.05) is 36.8 Å². The van der Waals surface area contributed by atoms with Gasteiger partial charge in [-0.2, -0.15) is 0 Å². The summed E-state index contributed by atoms with van der Waals surface area (Å²) in [7, 11) is 1.67. The van der Waals surface area contributed by atoms with Crippen LogP contribution in [0.2, 0.25) is 0 Å². The first kappa shape index (κ1) is 22.2. The number of anilines is 1. The van der Waals surface area contributed by atoms with Gasteiger partial charge >= 0.3 is 6.03 Å². The first-order valence-corrected chi connectivity index (χ1v) is 11.1. The molecule has 3 rings (SSSR count). The minimum Gasteiger partial charge on any atom is -0.497 e. The Morgan fingerprint density at radius 1 is 1.17 bits per heavy atom. The van der Waals surface area contributed by atoms with Crippen LogP contribution in [0.15, 0.2) is 48.5 Å². The fourth-order valence-corrected chi connectivity index (χ4v) is 4.07. The molecule has 1 saturated heterocycles. The van der Waals surface area contributed by atoms with Gasteiger partial charge in [0, 0.05) is 31.4 Å². The van der Waals surface area contributed by atoms with Crippen molar-refractivity contribution in [1.82, 2.24) is 9.80 Å². The number of para-hydroxylation sites is 1. The van der Waals surface area contributed by atoms with Gasteiger partial charge in [-0.05, 0) is 69.0 Å². The number of urea groups is 1. The molecule has 0 aromatic heterocycles. The van der Waals surface area contributed by atoms with Crippen molar-refractivity contribution in [2.75, 3.05) is 32.1 Å². The van der Waals surface area contributed by atoms with Crippen LogP contribution in [0.1, 0.15) is 43.7 Å². The summed E-state index contributed by atoms with van der Waals surface area (Å²) in [6.45, 7) is 7.86. The number of piperidine rings is 1. The molecule has 2 aromatic carbocycles. The molecule has 1 aliphatic heterocycles. The number of hydrogen-bond acceptors (Lipinski definition) is 3. The van der Waals surface area contributed by atoms with Crippen molar-refractivity contribution < 1.29 is 9.53 Å². The van der Waals surface area contributed by atoms with Crippen LogP contribution in [-0.4, -0.2) is 48.6 Å². The Morgan fingerprint density at radius 2 is 1.93 bits per heavy atom. The van der Waals surface area contributed by atoms with Gasteiger partial charge in [0.2, 0.25) is 0 Å². The number of amides is 2. The van der Waals surface area contributed by atoms with Crippen LogP contribution in [0, 0.1) is 6.92 Å². The van der Waals surface area contributed by atoms with Gasteiger partial charge in [0.25, 0.3) is 0 Å². The van der Waals surface area contributed by atoms with E-state index in [0.717, 1.165) is 42.1 Å². The molecule has 0 bridgehead atoms. The molecule has 1 atom stereocenters. The topological polar surface area (TPSA) is 44.8 Å². The van der Waals surface area contributed by atoms with E-state index in [1.54, 1.807) is 7.11 Å². The van der Waals surface area contributed by atoms with Crippen molar-refractivity contribution in [1.29, 1.82) is 0 Å². The van der Waals surface area contributed by atoms with Gasteiger partial charge in [-0.25, -0.2) is 4.79 Å². The maximum absolute atomic E-state index is 13.1. The molecule has 30 heavy (non-hydrogen) atoms. The first-order valence-electron chi connectivity index (χ1n) is 11.1. The van der Waals surface area contributed by atoms with E-state index in [-0.39, 0.29) is 6.03 Å². The number of carbonyl (C=O) groups is 1. The maximum atomic E-state index is 13.1. The van der Waals surface area contributed by atoms with Gasteiger partial charge in [0.05, 0.1) is 7.11 Å². The van der Waals surface area contributed by atoms with Crippen molar-refractivity contribution in [2.45, 2.75) is 52.1 Å². The molecule has 1 fully saturated rings. The molecule has 1 N–H and O–H groups in total. The summed E-state index contributed by atoms with van der Waals surface area (Å²) >= 11 is 0. The van der Waals surface area contributed by atoms with Crippen molar-refractivity contribution in [3.05, 3.63) is 59.7 Å². The number of aryl methyl sites for hydroxylation is 1. The van der Waals surface area contributed by atoms with Crippen molar-refractivity contribution in [3.63, 3.8) is 0 Å². The normalized spacial score (nSPS) is 16.8. The fourth-order valence-electron chi connectivity index (χ4n) is 4.07. The molecule has 0 saturated carbocycles. The van der Waals surface area contributed by atoms with E-state index in [2.05, 4.69) is 17.1 Å². The van der Waals surface area contributed by atoms with E-state index < -0.39 is 0 Å². The Hall–Kier alpha value is -2.53. The zero-order chi connectivity index (χ0) is 21.3. The summed E-state index contributed by atoms with van der Waals surface area (Å²) in [6, 6.07) is 16.5. The molecule has 2 aromatic rings. The fraction of sp³-hybridized carbons (Fsp3) is 0.480. The average Bonchev–Trinajstić information content (AvgIpc) is 2.76. The van der Waals surface area contributed by atoms with Crippen LogP contribution in [0.3, 0.4) is 0 Å². The molecule has 0 aliphatic carbocycles. The first-order chi connectivity index (χ1) is 14.6. The van der Waals surface area contributed by atoms with Gasteiger partial charge in [0.15, 0.2) is 0 Å². The number of hydrogen-bond donors (Lipinski definition) is 1. The second-order valence-electron chi connectivity index (χ2n) is 8.25. The van der Waals surface area contributed by atoms with E-state index in [1.165, 1.54) is 25.8 Å². The second-order valence-corrected chi connectivity index (χ2v) is 8.25. The third-order valence-corrected chi connectivity index (χ3v) is 6.02. The zero-order valence-electron chi connectivity index (χ0n) is 18.6. The number of nitrogens with zero attached hydrogens (tertiary/aromatic N) is 2. The molecule has 5 heteroatoms. The van der Waals surface area contributed by atoms with Crippen LogP contribution in [0.5, 0.6) is 5.75 Å². The van der Waals surface area contributed by atoms with Crippen LogP contribution in [0.4, 0.5) is 10.5 Å². The lowest BCUT2D eigenvalue weighted by molar-refractivity contribution is 0.150. The average molecular weight is 410 g/mol. The van der Waals surface area contributed by atoms with E-state index in [4.69, 9.17) is 4.74 Å². The molecular formula is C25H35N3O2. The van der Waals surface area contributed by atoms with Crippen LogP contribution in [-0.2, 0) is 6.54 Å². The van der Waals surface area contributed by atoms with Gasteiger partial charge < -0.3 is 19.9 Å². The predicted molar refractivity (Wildman–Crippen MR) is 123 cm³/mol. The molecule has 0 radical (unpaired) electrons. The Kier molecular flexibility index (Phi) is 8.14. The third-order valence-electron chi connectivity index (χ3n) is 6.02. The van der Waals surface area contributed by atoms with E-state index in [0.29, 0.717) is 12.6 Å². The molecule has 2 amide bonds. The Bertz CT molecular complexity index is 806. The summed E-state index contributed by atoms with van der Waals surface area (Å²) in [5, 5.41) is 3.10. The van der Waals surface area contributed by atoms with Crippen molar-refractivity contribution in [3.8, 4) is 5.75 Å². The molecule has 1 heterocycles. The quantitative estimate of drug-likeness (QED) is 0.643. The van der Waals surface area contributed by atoms with Crippen LogP contribution < -0.4 is 10.1 Å². The molecular weight excluding hydrogens is 374 g/mol. The zero-order valence-corrected chi connectivity index (χ0v) is 18.6. The summed E-state index contributed by atoms with van der Waals surface area (Å²) in [5.74, 6) is 0.828. The highest BCUT2D eigenvalue weighted by Crippen LogP contribution is 2.19. The number of rotatable bonds is 8. The van der Waals surface area contributed by atoms with E-state index in [1.807, 2.05) is 60.4 Å². The molecule has 5 nitrogen and oxygen atoms in total. The number of carbonyl (C=O) groups excluding carboxylic acids is 1. The lowest BCUT2D eigenvalue weighted by atomic mass is 10.0. The van der Waals surface area contributed by atoms with Gasteiger partial charge in [-0.3, -0.25) is 0 Å². The standard InChI is InChI=1S/C25H35N3O2/c1-20-9-4-5-11-24(20)26-25(29)28(19-22-12-14-23(30-3)15-13-22)18-8-17-27-16-7-6-10-21(27)2/h4-5,9,11-15,21H,6-8,10,16-19H2,1-3H3,(H,26,29). The maximum Gasteiger partial charge on any atom is 0.322 e. The predicted octanol–water partition coefficient (Wildman–Crippen LogP) is 5.30. The summed E-state index contributed by atoms with van der Waals surface area (Å²) in [5.41, 5.74) is 3.03. The minimum absolute atomic E-state index is 0.0492. The Morgan fingerprint density at radius 3 is 2.63 bits per heavy atom. The second kappa shape index (κ2) is 11.0. The highest BCUT2D eigenvalue weighted by Gasteiger charge is 2.19. The third kappa shape index (κ3) is 6.23. The number of nitrogens with one attached hydrogen (secondary N) is 1. The Labute approximate surface area is 181 Å².